The fourth-order valence-electron chi connectivity index (χ4n) is 1.95. The van der Waals surface area contributed by atoms with Crippen LogP contribution < -0.4 is 15.4 Å². The molecule has 2 rings (SSSR count). The van der Waals surface area contributed by atoms with Crippen molar-refractivity contribution in [3.63, 3.8) is 0 Å². The molecule has 1 unspecified atom stereocenters. The van der Waals surface area contributed by atoms with Crippen molar-refractivity contribution in [2.24, 2.45) is 0 Å². The van der Waals surface area contributed by atoms with Gasteiger partial charge in [0, 0.05) is 12.6 Å². The van der Waals surface area contributed by atoms with E-state index in [2.05, 4.69) is 17.6 Å². The van der Waals surface area contributed by atoms with Gasteiger partial charge in [-0.05, 0) is 50.4 Å². The molecule has 1 aromatic rings. The zero-order valence-electron chi connectivity index (χ0n) is 12.6. The number of carbonyl (C=O) groups is 1. The number of nitrogens with one attached hydrogen (secondary N) is 2. The summed E-state index contributed by atoms with van der Waals surface area (Å²) in [6.07, 6.45) is 2.39. The Balaban J connectivity index is 1.88. The average molecular weight is 294 g/mol. The molecule has 0 aliphatic heterocycles. The van der Waals surface area contributed by atoms with Crippen LogP contribution in [0.5, 0.6) is 5.75 Å². The maximum atomic E-state index is 14.0. The third-order valence-corrected chi connectivity index (χ3v) is 3.35. The number of hydrogen-bond acceptors (Lipinski definition) is 3. The second kappa shape index (κ2) is 7.41. The second-order valence-corrected chi connectivity index (χ2v) is 5.48. The number of halogens is 1. The summed E-state index contributed by atoms with van der Waals surface area (Å²) in [4.78, 5) is 11.8. The van der Waals surface area contributed by atoms with E-state index in [0.29, 0.717) is 6.54 Å². The van der Waals surface area contributed by atoms with E-state index >= 15 is 0 Å². The van der Waals surface area contributed by atoms with Gasteiger partial charge >= 0.3 is 0 Å². The first-order valence-electron chi connectivity index (χ1n) is 7.56. The highest BCUT2D eigenvalue weighted by molar-refractivity contribution is 5.81. The van der Waals surface area contributed by atoms with Gasteiger partial charge in [0.15, 0.2) is 17.7 Å². The van der Waals surface area contributed by atoms with E-state index in [-0.39, 0.29) is 17.7 Å². The summed E-state index contributed by atoms with van der Waals surface area (Å²) < 4.78 is 19.4. The summed E-state index contributed by atoms with van der Waals surface area (Å²) in [5.41, 5.74) is 0.864. The SMILES string of the molecule is CCCNCc1ccc(OC(C)C(=O)NC2CC2)c(F)c1. The molecule has 1 aromatic carbocycles. The second-order valence-electron chi connectivity index (χ2n) is 5.48. The Kier molecular flexibility index (Phi) is 5.56. The highest BCUT2D eigenvalue weighted by Crippen LogP contribution is 2.21. The Labute approximate surface area is 125 Å². The molecule has 0 spiro atoms. The van der Waals surface area contributed by atoms with Gasteiger partial charge in [0.2, 0.25) is 0 Å². The molecule has 1 saturated carbocycles. The fraction of sp³-hybridized carbons (Fsp3) is 0.562. The van der Waals surface area contributed by atoms with Crippen molar-refractivity contribution in [3.05, 3.63) is 29.6 Å². The van der Waals surface area contributed by atoms with Gasteiger partial charge in [-0.2, -0.15) is 0 Å². The highest BCUT2D eigenvalue weighted by Gasteiger charge is 2.26. The Hall–Kier alpha value is -1.62. The zero-order valence-corrected chi connectivity index (χ0v) is 12.6. The van der Waals surface area contributed by atoms with Crippen LogP contribution in [0.25, 0.3) is 0 Å². The lowest BCUT2D eigenvalue weighted by Crippen LogP contribution is -2.37. The lowest BCUT2D eigenvalue weighted by atomic mass is 10.2. The van der Waals surface area contributed by atoms with E-state index < -0.39 is 11.9 Å². The van der Waals surface area contributed by atoms with Gasteiger partial charge < -0.3 is 15.4 Å². The van der Waals surface area contributed by atoms with Crippen molar-refractivity contribution >= 4 is 5.91 Å². The van der Waals surface area contributed by atoms with Crippen LogP contribution in [-0.4, -0.2) is 24.6 Å². The minimum absolute atomic E-state index is 0.118. The third kappa shape index (κ3) is 5.01. The van der Waals surface area contributed by atoms with Gasteiger partial charge in [-0.3, -0.25) is 4.79 Å². The molecule has 21 heavy (non-hydrogen) atoms. The van der Waals surface area contributed by atoms with Crippen molar-refractivity contribution in [1.82, 2.24) is 10.6 Å². The van der Waals surface area contributed by atoms with E-state index in [4.69, 9.17) is 4.74 Å². The van der Waals surface area contributed by atoms with E-state index in [0.717, 1.165) is 31.4 Å². The molecule has 2 N–H and O–H groups in total. The molecular formula is C16H23FN2O2. The van der Waals surface area contributed by atoms with Gasteiger partial charge in [0.25, 0.3) is 5.91 Å². The van der Waals surface area contributed by atoms with Crippen LogP contribution in [-0.2, 0) is 11.3 Å². The van der Waals surface area contributed by atoms with Crippen molar-refractivity contribution in [2.75, 3.05) is 6.54 Å². The molecule has 0 saturated heterocycles. The highest BCUT2D eigenvalue weighted by atomic mass is 19.1. The quantitative estimate of drug-likeness (QED) is 0.724. The Morgan fingerprint density at radius 2 is 2.24 bits per heavy atom. The lowest BCUT2D eigenvalue weighted by Gasteiger charge is -2.15. The molecule has 1 aliphatic carbocycles. The van der Waals surface area contributed by atoms with Crippen LogP contribution in [0.2, 0.25) is 0 Å². The Morgan fingerprint density at radius 1 is 1.48 bits per heavy atom. The van der Waals surface area contributed by atoms with Gasteiger partial charge in [-0.1, -0.05) is 13.0 Å². The first-order chi connectivity index (χ1) is 10.1. The van der Waals surface area contributed by atoms with E-state index in [9.17, 15) is 9.18 Å². The van der Waals surface area contributed by atoms with Crippen molar-refractivity contribution in [2.45, 2.75) is 51.8 Å². The summed E-state index contributed by atoms with van der Waals surface area (Å²) in [5.74, 6) is -0.504. The van der Waals surface area contributed by atoms with Crippen LogP contribution >= 0.6 is 0 Å². The summed E-state index contributed by atoms with van der Waals surface area (Å²) in [7, 11) is 0. The summed E-state index contributed by atoms with van der Waals surface area (Å²) in [6.45, 7) is 5.24. The molecule has 0 bridgehead atoms. The first kappa shape index (κ1) is 15.8. The molecular weight excluding hydrogens is 271 g/mol. The fourth-order valence-corrected chi connectivity index (χ4v) is 1.95. The van der Waals surface area contributed by atoms with Crippen molar-refractivity contribution in [1.29, 1.82) is 0 Å². The smallest absolute Gasteiger partial charge is 0.260 e. The summed E-state index contributed by atoms with van der Waals surface area (Å²) >= 11 is 0. The molecule has 1 aliphatic rings. The minimum Gasteiger partial charge on any atom is -0.478 e. The van der Waals surface area contributed by atoms with Gasteiger partial charge in [-0.25, -0.2) is 4.39 Å². The maximum absolute atomic E-state index is 14.0. The number of benzene rings is 1. The normalized spacial score (nSPS) is 15.6. The largest absolute Gasteiger partial charge is 0.478 e. The van der Waals surface area contributed by atoms with Gasteiger partial charge in [0.05, 0.1) is 0 Å². The predicted octanol–water partition coefficient (Wildman–Crippen LogP) is 2.37. The van der Waals surface area contributed by atoms with Gasteiger partial charge in [-0.15, -0.1) is 0 Å². The molecule has 0 radical (unpaired) electrons. The zero-order chi connectivity index (χ0) is 15.2. The number of amides is 1. The van der Waals surface area contributed by atoms with E-state index in [1.807, 2.05) is 6.07 Å². The van der Waals surface area contributed by atoms with Crippen LogP contribution in [0.4, 0.5) is 4.39 Å². The number of ether oxygens (including phenoxy) is 1. The molecule has 1 atom stereocenters. The first-order valence-corrected chi connectivity index (χ1v) is 7.56. The molecule has 1 fully saturated rings. The Bertz CT molecular complexity index is 489. The standard InChI is InChI=1S/C16H23FN2O2/c1-3-8-18-10-12-4-7-15(14(17)9-12)21-11(2)16(20)19-13-5-6-13/h4,7,9,11,13,18H,3,5-6,8,10H2,1-2H3,(H,19,20). The molecule has 116 valence electrons. The van der Waals surface area contributed by atoms with Gasteiger partial charge in [0.1, 0.15) is 0 Å². The molecule has 0 aromatic heterocycles. The lowest BCUT2D eigenvalue weighted by molar-refractivity contribution is -0.127. The van der Waals surface area contributed by atoms with Crippen LogP contribution in [0.15, 0.2) is 18.2 Å². The van der Waals surface area contributed by atoms with E-state index in [1.165, 1.54) is 6.07 Å². The van der Waals surface area contributed by atoms with Crippen molar-refractivity contribution < 1.29 is 13.9 Å². The molecule has 4 nitrogen and oxygen atoms in total. The third-order valence-electron chi connectivity index (χ3n) is 3.35. The molecule has 0 heterocycles. The molecule has 5 heteroatoms. The van der Waals surface area contributed by atoms with Crippen molar-refractivity contribution in [3.8, 4) is 5.75 Å². The monoisotopic (exact) mass is 294 g/mol. The number of carbonyl (C=O) groups excluding carboxylic acids is 1. The topological polar surface area (TPSA) is 50.4 Å². The average Bonchev–Trinajstić information content (AvgIpc) is 3.26. The van der Waals surface area contributed by atoms with E-state index in [1.54, 1.807) is 13.0 Å². The predicted molar refractivity (Wildman–Crippen MR) is 79.7 cm³/mol. The van der Waals surface area contributed by atoms with Crippen LogP contribution in [0, 0.1) is 5.82 Å². The minimum atomic E-state index is -0.691. The van der Waals surface area contributed by atoms with Crippen LogP contribution in [0.1, 0.15) is 38.7 Å². The summed E-state index contributed by atoms with van der Waals surface area (Å²) in [6, 6.07) is 5.12. The number of rotatable bonds is 8. The number of hydrogen-bond donors (Lipinski definition) is 2. The summed E-state index contributed by atoms with van der Waals surface area (Å²) in [5, 5.41) is 6.06. The molecule has 1 amide bonds. The Morgan fingerprint density at radius 3 is 2.86 bits per heavy atom. The maximum Gasteiger partial charge on any atom is 0.260 e. The van der Waals surface area contributed by atoms with Crippen LogP contribution in [0.3, 0.4) is 0 Å².